The Labute approximate surface area is 96.9 Å². The molecule has 2 rings (SSSR count). The van der Waals surface area contributed by atoms with Crippen molar-refractivity contribution in [2.75, 3.05) is 7.11 Å². The summed E-state index contributed by atoms with van der Waals surface area (Å²) in [5.41, 5.74) is 2.39. The fourth-order valence-corrected chi connectivity index (χ4v) is 2.08. The molecule has 0 aliphatic heterocycles. The van der Waals surface area contributed by atoms with E-state index in [0.29, 0.717) is 0 Å². The molecule has 16 heavy (non-hydrogen) atoms. The van der Waals surface area contributed by atoms with Gasteiger partial charge in [0.05, 0.1) is 0 Å². The third-order valence-electron chi connectivity index (χ3n) is 3.09. The molecule has 0 spiro atoms. The summed E-state index contributed by atoms with van der Waals surface area (Å²) >= 11 is 0. The molecular formula is C14H18O2. The normalized spacial score (nSPS) is 28.6. The lowest BCUT2D eigenvalue weighted by atomic mass is 9.95. The lowest BCUT2D eigenvalue weighted by Crippen LogP contribution is -2.36. The van der Waals surface area contributed by atoms with E-state index < -0.39 is 5.79 Å². The van der Waals surface area contributed by atoms with Gasteiger partial charge in [0.1, 0.15) is 5.76 Å². The van der Waals surface area contributed by atoms with Crippen LogP contribution in [0.3, 0.4) is 0 Å². The Bertz CT molecular complexity index is 399. The van der Waals surface area contributed by atoms with Crippen LogP contribution in [0, 0.1) is 0 Å². The summed E-state index contributed by atoms with van der Waals surface area (Å²) in [7, 11) is 1.70. The highest BCUT2D eigenvalue weighted by molar-refractivity contribution is 5.32. The molecule has 0 aromatic carbocycles. The fourth-order valence-electron chi connectivity index (χ4n) is 2.08. The summed E-state index contributed by atoms with van der Waals surface area (Å²) in [6, 6.07) is 0. The lowest BCUT2D eigenvalue weighted by Gasteiger charge is -2.35. The topological polar surface area (TPSA) is 18.5 Å². The van der Waals surface area contributed by atoms with E-state index in [9.17, 15) is 0 Å². The monoisotopic (exact) mass is 218 g/mol. The molecule has 1 atom stereocenters. The lowest BCUT2D eigenvalue weighted by molar-refractivity contribution is -0.166. The number of hydrogen-bond acceptors (Lipinski definition) is 2. The first-order valence-electron chi connectivity index (χ1n) is 5.63. The second-order valence-electron chi connectivity index (χ2n) is 4.28. The number of allylic oxidation sites excluding steroid dienone is 5. The molecule has 2 nitrogen and oxygen atoms in total. The number of methoxy groups -OCH3 is 1. The summed E-state index contributed by atoms with van der Waals surface area (Å²) < 4.78 is 11.6. The number of ether oxygens (including phenoxy) is 2. The van der Waals surface area contributed by atoms with Gasteiger partial charge in [-0.1, -0.05) is 23.8 Å². The Balaban J connectivity index is 2.20. The molecule has 0 saturated carbocycles. The molecule has 86 valence electrons. The summed E-state index contributed by atoms with van der Waals surface area (Å²) in [4.78, 5) is 0. The maximum atomic E-state index is 5.99. The van der Waals surface area contributed by atoms with Gasteiger partial charge >= 0.3 is 0 Å². The third kappa shape index (κ3) is 1.98. The molecule has 2 aliphatic rings. The van der Waals surface area contributed by atoms with Crippen molar-refractivity contribution in [3.8, 4) is 0 Å². The molecule has 0 amide bonds. The van der Waals surface area contributed by atoms with Crippen LogP contribution in [0.25, 0.3) is 0 Å². The molecule has 0 aromatic heterocycles. The minimum atomic E-state index is -0.611. The maximum Gasteiger partial charge on any atom is 0.236 e. The van der Waals surface area contributed by atoms with Crippen LogP contribution < -0.4 is 0 Å². The zero-order valence-corrected chi connectivity index (χ0v) is 10.1. The van der Waals surface area contributed by atoms with Crippen LogP contribution in [0.4, 0.5) is 0 Å². The van der Waals surface area contributed by atoms with Gasteiger partial charge in [-0.3, -0.25) is 0 Å². The molecule has 1 unspecified atom stereocenters. The molecule has 0 aromatic rings. The second-order valence-corrected chi connectivity index (χ2v) is 4.28. The van der Waals surface area contributed by atoms with Gasteiger partial charge in [-0.25, -0.2) is 0 Å². The van der Waals surface area contributed by atoms with Crippen molar-refractivity contribution < 1.29 is 9.47 Å². The van der Waals surface area contributed by atoms with Crippen molar-refractivity contribution in [1.82, 2.24) is 0 Å². The van der Waals surface area contributed by atoms with Crippen molar-refractivity contribution in [3.05, 3.63) is 47.3 Å². The second kappa shape index (κ2) is 4.30. The minimum absolute atomic E-state index is 0.611. The van der Waals surface area contributed by atoms with Crippen molar-refractivity contribution >= 4 is 0 Å². The summed E-state index contributed by atoms with van der Waals surface area (Å²) in [6.07, 6.45) is 12.1. The Kier molecular flexibility index (Phi) is 3.01. The van der Waals surface area contributed by atoms with Crippen molar-refractivity contribution in [2.24, 2.45) is 0 Å². The van der Waals surface area contributed by atoms with Gasteiger partial charge in [-0.15, -0.1) is 0 Å². The van der Waals surface area contributed by atoms with E-state index in [1.807, 2.05) is 6.08 Å². The first kappa shape index (κ1) is 11.2. The van der Waals surface area contributed by atoms with Gasteiger partial charge in [0.2, 0.25) is 5.79 Å². The van der Waals surface area contributed by atoms with E-state index in [0.717, 1.165) is 24.2 Å². The average Bonchev–Trinajstić information content (AvgIpc) is 2.75. The molecule has 0 bridgehead atoms. The molecule has 0 N–H and O–H groups in total. The van der Waals surface area contributed by atoms with E-state index in [4.69, 9.17) is 9.47 Å². The van der Waals surface area contributed by atoms with Gasteiger partial charge < -0.3 is 9.47 Å². The van der Waals surface area contributed by atoms with E-state index in [1.54, 1.807) is 7.11 Å². The van der Waals surface area contributed by atoms with Crippen molar-refractivity contribution in [1.29, 1.82) is 0 Å². The van der Waals surface area contributed by atoms with Gasteiger partial charge in [-0.05, 0) is 38.0 Å². The molecule has 0 saturated heterocycles. The molecule has 0 fully saturated rings. The van der Waals surface area contributed by atoms with E-state index in [2.05, 4.69) is 38.2 Å². The van der Waals surface area contributed by atoms with E-state index in [1.165, 1.54) is 5.57 Å². The van der Waals surface area contributed by atoms with Gasteiger partial charge in [-0.2, -0.15) is 0 Å². The molecule has 0 radical (unpaired) electrons. The smallest absolute Gasteiger partial charge is 0.236 e. The van der Waals surface area contributed by atoms with Gasteiger partial charge in [0.15, 0.2) is 0 Å². The highest BCUT2D eigenvalue weighted by Crippen LogP contribution is 2.35. The Morgan fingerprint density at radius 3 is 2.62 bits per heavy atom. The quantitative estimate of drug-likeness (QED) is 0.675. The Morgan fingerprint density at radius 1 is 1.25 bits per heavy atom. The highest BCUT2D eigenvalue weighted by atomic mass is 16.7. The Hall–Kier alpha value is -1.28. The maximum absolute atomic E-state index is 5.99. The first-order valence-corrected chi connectivity index (χ1v) is 5.63. The average molecular weight is 218 g/mol. The highest BCUT2D eigenvalue weighted by Gasteiger charge is 2.35. The molecular weight excluding hydrogens is 200 g/mol. The van der Waals surface area contributed by atoms with Crippen LogP contribution in [0.5, 0.6) is 0 Å². The Morgan fingerprint density at radius 2 is 2.06 bits per heavy atom. The zero-order valence-electron chi connectivity index (χ0n) is 10.1. The molecule has 2 heteroatoms. The van der Waals surface area contributed by atoms with Crippen LogP contribution in [0.2, 0.25) is 0 Å². The fraction of sp³-hybridized carbons (Fsp3) is 0.429. The zero-order chi connectivity index (χ0) is 11.6. The SMILES string of the molecule is COC1(OC2=CCC=C2)CC=C(C)C=C1C. The van der Waals surface area contributed by atoms with Crippen LogP contribution >= 0.6 is 0 Å². The largest absolute Gasteiger partial charge is 0.458 e. The van der Waals surface area contributed by atoms with Crippen molar-refractivity contribution in [2.45, 2.75) is 32.5 Å². The number of hydrogen-bond donors (Lipinski definition) is 0. The number of rotatable bonds is 3. The summed E-state index contributed by atoms with van der Waals surface area (Å²) in [6.45, 7) is 4.15. The van der Waals surface area contributed by atoms with Crippen LogP contribution in [0.1, 0.15) is 26.7 Å². The molecule has 2 aliphatic carbocycles. The summed E-state index contributed by atoms with van der Waals surface area (Å²) in [5.74, 6) is 0.294. The first-order chi connectivity index (χ1) is 7.66. The summed E-state index contributed by atoms with van der Waals surface area (Å²) in [5, 5.41) is 0. The molecule has 0 heterocycles. The predicted octanol–water partition coefficient (Wildman–Crippen LogP) is 3.49. The minimum Gasteiger partial charge on any atom is -0.458 e. The van der Waals surface area contributed by atoms with E-state index >= 15 is 0 Å². The van der Waals surface area contributed by atoms with Crippen LogP contribution in [0.15, 0.2) is 47.3 Å². The predicted molar refractivity (Wildman–Crippen MR) is 64.8 cm³/mol. The van der Waals surface area contributed by atoms with Gasteiger partial charge in [0.25, 0.3) is 0 Å². The third-order valence-corrected chi connectivity index (χ3v) is 3.09. The van der Waals surface area contributed by atoms with Gasteiger partial charge in [0, 0.05) is 13.5 Å². The van der Waals surface area contributed by atoms with Crippen LogP contribution in [-0.4, -0.2) is 12.9 Å². The van der Waals surface area contributed by atoms with E-state index in [-0.39, 0.29) is 0 Å². The van der Waals surface area contributed by atoms with Crippen LogP contribution in [-0.2, 0) is 9.47 Å². The van der Waals surface area contributed by atoms with Crippen molar-refractivity contribution in [3.63, 3.8) is 0 Å². The standard InChI is InChI=1S/C14H18O2/c1-11-8-9-14(15-3,12(2)10-11)16-13-6-4-5-7-13/h4,6-8,10H,5,9H2,1-3H3.